The smallest absolute Gasteiger partial charge is 0.164 e. The third kappa shape index (κ3) is 5.75. The minimum Gasteiger partial charge on any atom is -0.309 e. The van der Waals surface area contributed by atoms with Crippen LogP contribution in [0.4, 0.5) is 0 Å². The number of hydrogen-bond acceptors (Lipinski definition) is 3. The van der Waals surface area contributed by atoms with Gasteiger partial charge in [0.15, 0.2) is 17.5 Å². The van der Waals surface area contributed by atoms with E-state index in [1.54, 1.807) is 0 Å². The molecule has 5 nitrogen and oxygen atoms in total. The number of fused-ring (bicyclic) bond motifs is 10. The first-order valence-corrected chi connectivity index (χ1v) is 22.3. The van der Waals surface area contributed by atoms with E-state index in [0.29, 0.717) is 17.5 Å². The molecule has 0 N–H and O–H groups in total. The molecule has 0 saturated heterocycles. The van der Waals surface area contributed by atoms with E-state index in [4.69, 9.17) is 15.0 Å². The van der Waals surface area contributed by atoms with Crippen LogP contribution < -0.4 is 0 Å². The predicted molar refractivity (Wildman–Crippen MR) is 268 cm³/mol. The van der Waals surface area contributed by atoms with Gasteiger partial charge in [-0.05, 0) is 82.4 Å². The molecule has 0 bridgehead atoms. The van der Waals surface area contributed by atoms with Crippen molar-refractivity contribution in [3.8, 4) is 67.8 Å². The number of rotatable bonds is 6. The van der Waals surface area contributed by atoms with E-state index in [1.165, 1.54) is 60.4 Å². The molecule has 0 atom stereocenters. The Bertz CT molecular complexity index is 3780. The summed E-state index contributed by atoms with van der Waals surface area (Å²) in [4.78, 5) is 15.7. The zero-order valence-electron chi connectivity index (χ0n) is 35.9. The summed E-state index contributed by atoms with van der Waals surface area (Å²) < 4.78 is 4.78. The minimum atomic E-state index is -0.107. The van der Waals surface area contributed by atoms with Crippen molar-refractivity contribution < 1.29 is 0 Å². The van der Waals surface area contributed by atoms with Gasteiger partial charge in [0.25, 0.3) is 0 Å². The first-order valence-electron chi connectivity index (χ1n) is 22.3. The fraction of sp³-hybridized carbons (Fsp3) is 0.0500. The molecule has 0 unspecified atom stereocenters. The van der Waals surface area contributed by atoms with Gasteiger partial charge in [-0.15, -0.1) is 0 Å². The lowest BCUT2D eigenvalue weighted by Gasteiger charge is -2.21. The maximum absolute atomic E-state index is 5.25. The lowest BCUT2D eigenvalue weighted by molar-refractivity contribution is 0.661. The van der Waals surface area contributed by atoms with Gasteiger partial charge in [-0.2, -0.15) is 0 Å². The van der Waals surface area contributed by atoms with Crippen LogP contribution in [-0.2, 0) is 5.41 Å². The monoisotopic (exact) mass is 831 g/mol. The molecular formula is C60H41N5. The molecule has 0 fully saturated rings. The molecule has 13 rings (SSSR count). The van der Waals surface area contributed by atoms with Crippen molar-refractivity contribution in [2.75, 3.05) is 0 Å². The molecule has 65 heavy (non-hydrogen) atoms. The predicted octanol–water partition coefficient (Wildman–Crippen LogP) is 15.0. The summed E-state index contributed by atoms with van der Waals surface area (Å²) >= 11 is 0. The normalized spacial score (nSPS) is 12.9. The van der Waals surface area contributed by atoms with Crippen LogP contribution in [0.3, 0.4) is 0 Å². The summed E-state index contributed by atoms with van der Waals surface area (Å²) in [5.41, 5.74) is 17.1. The van der Waals surface area contributed by atoms with Crippen LogP contribution in [0.25, 0.3) is 111 Å². The van der Waals surface area contributed by atoms with Crippen LogP contribution in [0.5, 0.6) is 0 Å². The lowest BCUT2D eigenvalue weighted by atomic mass is 9.82. The van der Waals surface area contributed by atoms with Gasteiger partial charge in [-0.25, -0.2) is 15.0 Å². The molecule has 0 aliphatic heterocycles. The van der Waals surface area contributed by atoms with Crippen molar-refractivity contribution in [1.29, 1.82) is 0 Å². The van der Waals surface area contributed by atoms with Crippen LogP contribution >= 0.6 is 0 Å². The maximum Gasteiger partial charge on any atom is 0.164 e. The molecule has 0 saturated carbocycles. The Morgan fingerprint density at radius 2 is 0.831 bits per heavy atom. The number of aromatic nitrogens is 5. The summed E-state index contributed by atoms with van der Waals surface area (Å²) in [5.74, 6) is 1.85. The van der Waals surface area contributed by atoms with Crippen LogP contribution in [0.15, 0.2) is 212 Å². The van der Waals surface area contributed by atoms with E-state index in [0.717, 1.165) is 44.7 Å². The lowest BCUT2D eigenvalue weighted by Crippen LogP contribution is -2.14. The van der Waals surface area contributed by atoms with Gasteiger partial charge in [0.05, 0.1) is 22.1 Å². The topological polar surface area (TPSA) is 48.5 Å². The SMILES string of the molecule is CC1(C)c2ccccc2-c2c1ccc1c3ccccc3n(-c3ccc(-c4nc(-c5ccc(-c6ccccc6)cc5)nc(-c5cccc(-n6c7ccccc7c7ccccc76)c5)n4)cc3)c21. The highest BCUT2D eigenvalue weighted by atomic mass is 15.0. The molecule has 0 spiro atoms. The van der Waals surface area contributed by atoms with Crippen molar-refractivity contribution in [1.82, 2.24) is 24.1 Å². The summed E-state index contributed by atoms with van der Waals surface area (Å²) in [6.45, 7) is 4.70. The van der Waals surface area contributed by atoms with Gasteiger partial charge in [0.1, 0.15) is 0 Å². The van der Waals surface area contributed by atoms with Crippen LogP contribution in [0.1, 0.15) is 25.0 Å². The van der Waals surface area contributed by atoms with E-state index >= 15 is 0 Å². The highest BCUT2D eigenvalue weighted by Gasteiger charge is 2.37. The number of para-hydroxylation sites is 3. The first-order chi connectivity index (χ1) is 32.0. The van der Waals surface area contributed by atoms with E-state index in [9.17, 15) is 0 Å². The second kappa shape index (κ2) is 14.3. The van der Waals surface area contributed by atoms with Gasteiger partial charge in [-0.3, -0.25) is 0 Å². The van der Waals surface area contributed by atoms with Crippen LogP contribution in [0, 0.1) is 0 Å². The highest BCUT2D eigenvalue weighted by molar-refractivity contribution is 6.15. The molecule has 0 radical (unpaired) electrons. The fourth-order valence-corrected chi connectivity index (χ4v) is 10.5. The van der Waals surface area contributed by atoms with Crippen molar-refractivity contribution in [3.05, 3.63) is 223 Å². The number of hydrogen-bond donors (Lipinski definition) is 0. The van der Waals surface area contributed by atoms with Gasteiger partial charge < -0.3 is 9.13 Å². The van der Waals surface area contributed by atoms with E-state index in [-0.39, 0.29) is 5.41 Å². The highest BCUT2D eigenvalue weighted by Crippen LogP contribution is 2.53. The molecule has 9 aromatic carbocycles. The molecule has 3 aromatic heterocycles. The molecule has 0 amide bonds. The van der Waals surface area contributed by atoms with Gasteiger partial charge in [0, 0.05) is 60.6 Å². The zero-order chi connectivity index (χ0) is 43.2. The third-order valence-electron chi connectivity index (χ3n) is 13.6. The van der Waals surface area contributed by atoms with Gasteiger partial charge in [0.2, 0.25) is 0 Å². The standard InChI is InChI=1S/C60H41N5/c1-60(2)50-23-10-6-22-49(50)55-51(60)36-35-48-47-21-9-13-26-54(47)65(56(48)55)43-33-31-41(32-34-43)58-61-57(40-29-27-39(28-30-40)38-15-4-3-5-16-38)62-59(63-58)42-17-14-18-44(37-42)64-52-24-11-7-19-45(52)46-20-8-12-25-53(46)64/h3-37H,1-2H3. The molecule has 1 aliphatic rings. The van der Waals surface area contributed by atoms with Gasteiger partial charge in [-0.1, -0.05) is 172 Å². The first kappa shape index (κ1) is 37.2. The quantitative estimate of drug-likeness (QED) is 0.168. The van der Waals surface area contributed by atoms with Crippen molar-refractivity contribution in [3.63, 3.8) is 0 Å². The van der Waals surface area contributed by atoms with E-state index in [1.807, 2.05) is 6.07 Å². The summed E-state index contributed by atoms with van der Waals surface area (Å²) in [6.07, 6.45) is 0. The zero-order valence-corrected chi connectivity index (χ0v) is 35.9. The number of benzene rings is 9. The second-order valence-corrected chi connectivity index (χ2v) is 17.6. The summed E-state index contributed by atoms with van der Waals surface area (Å²) in [5, 5.41) is 4.94. The van der Waals surface area contributed by atoms with Crippen LogP contribution in [0.2, 0.25) is 0 Å². The maximum atomic E-state index is 5.25. The average Bonchev–Trinajstić information content (AvgIpc) is 3.97. The Hall–Kier alpha value is -8.41. The Morgan fingerprint density at radius 1 is 0.338 bits per heavy atom. The van der Waals surface area contributed by atoms with Crippen molar-refractivity contribution in [2.45, 2.75) is 19.3 Å². The molecule has 1 aliphatic carbocycles. The molecule has 5 heteroatoms. The van der Waals surface area contributed by atoms with Crippen molar-refractivity contribution in [2.24, 2.45) is 0 Å². The minimum absolute atomic E-state index is 0.107. The largest absolute Gasteiger partial charge is 0.309 e. The van der Waals surface area contributed by atoms with Gasteiger partial charge >= 0.3 is 0 Å². The van der Waals surface area contributed by atoms with Crippen molar-refractivity contribution >= 4 is 43.6 Å². The third-order valence-corrected chi connectivity index (χ3v) is 13.6. The van der Waals surface area contributed by atoms with E-state index < -0.39 is 0 Å². The van der Waals surface area contributed by atoms with E-state index in [2.05, 4.69) is 229 Å². The fourth-order valence-electron chi connectivity index (χ4n) is 10.5. The average molecular weight is 832 g/mol. The molecular weight excluding hydrogens is 791 g/mol. The molecule has 306 valence electrons. The summed E-state index contributed by atoms with van der Waals surface area (Å²) in [6, 6.07) is 75.8. The molecule has 3 heterocycles. The Balaban J connectivity index is 0.968. The van der Waals surface area contributed by atoms with Crippen LogP contribution in [-0.4, -0.2) is 24.1 Å². The Kier molecular flexibility index (Phi) is 8.18. The Labute approximate surface area is 376 Å². The second-order valence-electron chi connectivity index (χ2n) is 17.6. The number of nitrogens with zero attached hydrogens (tertiary/aromatic N) is 5. The summed E-state index contributed by atoms with van der Waals surface area (Å²) in [7, 11) is 0. The molecule has 12 aromatic rings. The Morgan fingerprint density at radius 3 is 1.49 bits per heavy atom.